The second-order valence-electron chi connectivity index (χ2n) is 2.60. The van der Waals surface area contributed by atoms with Gasteiger partial charge in [-0.05, 0) is 6.92 Å². The van der Waals surface area contributed by atoms with Gasteiger partial charge in [0, 0.05) is 27.1 Å². The van der Waals surface area contributed by atoms with Crippen LogP contribution in [0, 0.1) is 0 Å². The zero-order valence-corrected chi connectivity index (χ0v) is 6.76. The number of hydrogen-bond donors (Lipinski definition) is 0. The molecule has 1 aliphatic heterocycles. The molecule has 3 heteroatoms. The molecule has 0 fully saturated rings. The van der Waals surface area contributed by atoms with Gasteiger partial charge in [-0.3, -0.25) is 4.99 Å². The van der Waals surface area contributed by atoms with E-state index < -0.39 is 0 Å². The average molecular weight is 139 g/mol. The quantitative estimate of drug-likeness (QED) is 0.487. The maximum atomic E-state index is 4.27. The van der Waals surface area contributed by atoms with Gasteiger partial charge in [0.15, 0.2) is 0 Å². The molecule has 1 heterocycles. The maximum Gasteiger partial charge on any atom is 0.122 e. The third-order valence-electron chi connectivity index (χ3n) is 1.48. The SMILES string of the molecule is CC1=NCCC(N(C)C)=N1. The molecule has 0 aromatic heterocycles. The van der Waals surface area contributed by atoms with E-state index in [4.69, 9.17) is 0 Å². The molecule has 0 radical (unpaired) electrons. The van der Waals surface area contributed by atoms with Gasteiger partial charge in [0.05, 0.1) is 0 Å². The standard InChI is InChI=1S/C7H13N3/c1-6-8-5-4-7(9-6)10(2)3/h4-5H2,1-3H3. The maximum absolute atomic E-state index is 4.27. The Labute approximate surface area is 61.5 Å². The molecular weight excluding hydrogens is 126 g/mol. The van der Waals surface area contributed by atoms with E-state index in [0.29, 0.717) is 0 Å². The third-order valence-corrected chi connectivity index (χ3v) is 1.48. The first-order chi connectivity index (χ1) is 4.70. The lowest BCUT2D eigenvalue weighted by Crippen LogP contribution is -2.25. The first-order valence-corrected chi connectivity index (χ1v) is 3.46. The first kappa shape index (κ1) is 7.25. The Balaban J connectivity index is 2.69. The minimum Gasteiger partial charge on any atom is -0.366 e. The average Bonchev–Trinajstić information content (AvgIpc) is 1.88. The molecule has 0 N–H and O–H groups in total. The minimum atomic E-state index is 0.892. The van der Waals surface area contributed by atoms with Gasteiger partial charge in [0.1, 0.15) is 11.7 Å². The van der Waals surface area contributed by atoms with Gasteiger partial charge in [-0.15, -0.1) is 0 Å². The largest absolute Gasteiger partial charge is 0.366 e. The fourth-order valence-electron chi connectivity index (χ4n) is 0.919. The Hall–Kier alpha value is -0.860. The molecule has 56 valence electrons. The topological polar surface area (TPSA) is 28.0 Å². The number of hydrogen-bond acceptors (Lipinski definition) is 3. The zero-order chi connectivity index (χ0) is 7.56. The molecule has 0 spiro atoms. The van der Waals surface area contributed by atoms with E-state index in [1.54, 1.807) is 0 Å². The van der Waals surface area contributed by atoms with Crippen LogP contribution in [0.15, 0.2) is 9.98 Å². The van der Waals surface area contributed by atoms with Crippen molar-refractivity contribution in [2.75, 3.05) is 20.6 Å². The highest BCUT2D eigenvalue weighted by Crippen LogP contribution is 1.99. The number of nitrogens with zero attached hydrogens (tertiary/aromatic N) is 3. The fraction of sp³-hybridized carbons (Fsp3) is 0.714. The second-order valence-corrected chi connectivity index (χ2v) is 2.60. The summed E-state index contributed by atoms with van der Waals surface area (Å²) in [6.07, 6.45) is 0.977. The lowest BCUT2D eigenvalue weighted by atomic mass is 10.3. The van der Waals surface area contributed by atoms with Crippen molar-refractivity contribution in [2.24, 2.45) is 9.98 Å². The van der Waals surface area contributed by atoms with E-state index >= 15 is 0 Å². The van der Waals surface area contributed by atoms with Crippen LogP contribution in [0.2, 0.25) is 0 Å². The molecule has 1 aliphatic rings. The van der Waals surface area contributed by atoms with Crippen LogP contribution >= 0.6 is 0 Å². The summed E-state index contributed by atoms with van der Waals surface area (Å²) in [7, 11) is 4.02. The Morgan fingerprint density at radius 2 is 2.10 bits per heavy atom. The zero-order valence-electron chi connectivity index (χ0n) is 6.76. The van der Waals surface area contributed by atoms with Gasteiger partial charge < -0.3 is 4.90 Å². The van der Waals surface area contributed by atoms with Crippen LogP contribution in [0.4, 0.5) is 0 Å². The lowest BCUT2D eigenvalue weighted by Gasteiger charge is -2.17. The van der Waals surface area contributed by atoms with E-state index in [1.807, 2.05) is 25.9 Å². The van der Waals surface area contributed by atoms with Gasteiger partial charge in [-0.25, -0.2) is 4.99 Å². The summed E-state index contributed by atoms with van der Waals surface area (Å²) in [5.41, 5.74) is 0. The van der Waals surface area contributed by atoms with Crippen LogP contribution in [0.3, 0.4) is 0 Å². The normalized spacial score (nSPS) is 17.9. The highest BCUT2D eigenvalue weighted by Gasteiger charge is 2.05. The lowest BCUT2D eigenvalue weighted by molar-refractivity contribution is 0.602. The van der Waals surface area contributed by atoms with Crippen LogP contribution < -0.4 is 0 Å². The summed E-state index contributed by atoms with van der Waals surface area (Å²) >= 11 is 0. The van der Waals surface area contributed by atoms with Crippen molar-refractivity contribution in [1.29, 1.82) is 0 Å². The van der Waals surface area contributed by atoms with Crippen molar-refractivity contribution in [2.45, 2.75) is 13.3 Å². The summed E-state index contributed by atoms with van der Waals surface area (Å²) < 4.78 is 0. The summed E-state index contributed by atoms with van der Waals surface area (Å²) in [6, 6.07) is 0. The highest BCUT2D eigenvalue weighted by molar-refractivity contribution is 5.97. The number of amidine groups is 2. The van der Waals surface area contributed by atoms with E-state index in [2.05, 4.69) is 9.98 Å². The van der Waals surface area contributed by atoms with Crippen LogP contribution in [0.25, 0.3) is 0 Å². The Kier molecular flexibility index (Phi) is 2.04. The molecule has 0 aromatic rings. The van der Waals surface area contributed by atoms with Crippen molar-refractivity contribution in [3.63, 3.8) is 0 Å². The Morgan fingerprint density at radius 3 is 2.50 bits per heavy atom. The van der Waals surface area contributed by atoms with Crippen LogP contribution in [-0.4, -0.2) is 37.2 Å². The summed E-state index contributed by atoms with van der Waals surface area (Å²) in [5, 5.41) is 0. The molecule has 1 rings (SSSR count). The van der Waals surface area contributed by atoms with Gasteiger partial charge in [0.2, 0.25) is 0 Å². The summed E-state index contributed by atoms with van der Waals surface area (Å²) in [6.45, 7) is 2.82. The predicted molar refractivity (Wildman–Crippen MR) is 43.7 cm³/mol. The van der Waals surface area contributed by atoms with Crippen molar-refractivity contribution in [1.82, 2.24) is 4.90 Å². The Morgan fingerprint density at radius 1 is 1.40 bits per heavy atom. The summed E-state index contributed by atoms with van der Waals surface area (Å²) in [4.78, 5) is 10.5. The molecule has 0 aromatic carbocycles. The fourth-order valence-corrected chi connectivity index (χ4v) is 0.919. The minimum absolute atomic E-state index is 0.892. The Bertz CT molecular complexity index is 179. The highest BCUT2D eigenvalue weighted by atomic mass is 15.2. The van der Waals surface area contributed by atoms with E-state index in [0.717, 1.165) is 24.6 Å². The third kappa shape index (κ3) is 1.56. The van der Waals surface area contributed by atoms with Crippen molar-refractivity contribution in [3.8, 4) is 0 Å². The molecule has 0 amide bonds. The number of aliphatic imine (C=N–C) groups is 2. The first-order valence-electron chi connectivity index (χ1n) is 3.46. The van der Waals surface area contributed by atoms with Crippen LogP contribution in [0.5, 0.6) is 0 Å². The van der Waals surface area contributed by atoms with Crippen LogP contribution in [0.1, 0.15) is 13.3 Å². The molecule has 0 unspecified atom stereocenters. The number of rotatable bonds is 0. The summed E-state index contributed by atoms with van der Waals surface area (Å²) in [5.74, 6) is 2.03. The molecule has 0 aliphatic carbocycles. The molecule has 0 saturated heterocycles. The van der Waals surface area contributed by atoms with E-state index in [-0.39, 0.29) is 0 Å². The monoisotopic (exact) mass is 139 g/mol. The smallest absolute Gasteiger partial charge is 0.122 e. The van der Waals surface area contributed by atoms with Crippen LogP contribution in [-0.2, 0) is 0 Å². The molecule has 0 bridgehead atoms. The van der Waals surface area contributed by atoms with Gasteiger partial charge >= 0.3 is 0 Å². The van der Waals surface area contributed by atoms with Gasteiger partial charge in [-0.1, -0.05) is 0 Å². The van der Waals surface area contributed by atoms with Crippen molar-refractivity contribution >= 4 is 11.7 Å². The predicted octanol–water partition coefficient (Wildman–Crippen LogP) is 0.769. The second kappa shape index (κ2) is 2.82. The van der Waals surface area contributed by atoms with E-state index in [9.17, 15) is 0 Å². The molecular formula is C7H13N3. The molecule has 10 heavy (non-hydrogen) atoms. The van der Waals surface area contributed by atoms with Gasteiger partial charge in [0.25, 0.3) is 0 Å². The van der Waals surface area contributed by atoms with Crippen molar-refractivity contribution < 1.29 is 0 Å². The van der Waals surface area contributed by atoms with Gasteiger partial charge in [-0.2, -0.15) is 0 Å². The molecule has 3 nitrogen and oxygen atoms in total. The molecule has 0 saturated carbocycles. The van der Waals surface area contributed by atoms with E-state index in [1.165, 1.54) is 0 Å². The molecule has 0 atom stereocenters. The van der Waals surface area contributed by atoms with Crippen molar-refractivity contribution in [3.05, 3.63) is 0 Å².